The highest BCUT2D eigenvalue weighted by molar-refractivity contribution is 6.30. The molecule has 0 amide bonds. The highest BCUT2D eigenvalue weighted by Crippen LogP contribution is 2.16. The number of rotatable bonds is 0. The molecular weight excluding hydrogens is 146 g/mol. The molecule has 1 nitrogen and oxygen atoms in total. The molecule has 1 rings (SSSR count). The zero-order valence-electron chi connectivity index (χ0n) is 6.40. The van der Waals surface area contributed by atoms with E-state index in [1.807, 2.05) is 26.8 Å². The average molecular weight is 156 g/mol. The van der Waals surface area contributed by atoms with Crippen molar-refractivity contribution in [3.63, 3.8) is 0 Å². The zero-order valence-corrected chi connectivity index (χ0v) is 7.16. The molecule has 0 aliphatic carbocycles. The van der Waals surface area contributed by atoms with E-state index in [-0.39, 0.29) is 0 Å². The molecule has 0 aliphatic rings. The first kappa shape index (κ1) is 7.55. The molecule has 0 unspecified atom stereocenters. The van der Waals surface area contributed by atoms with Crippen molar-refractivity contribution in [2.75, 3.05) is 0 Å². The Morgan fingerprint density at radius 3 is 2.40 bits per heavy atom. The normalized spacial score (nSPS) is 10.0. The second-order valence-corrected chi connectivity index (χ2v) is 2.85. The molecule has 1 heterocycles. The lowest BCUT2D eigenvalue weighted by atomic mass is 10.1. The minimum atomic E-state index is 0.623. The number of hydrogen-bond donors (Lipinski definition) is 0. The van der Waals surface area contributed by atoms with Gasteiger partial charge in [-0.3, -0.25) is 0 Å². The number of hydrogen-bond acceptors (Lipinski definition) is 1. The Labute approximate surface area is 66.0 Å². The van der Waals surface area contributed by atoms with Gasteiger partial charge in [0.15, 0.2) is 0 Å². The summed E-state index contributed by atoms with van der Waals surface area (Å²) in [5, 5.41) is 0.623. The molecule has 54 valence electrons. The van der Waals surface area contributed by atoms with Crippen LogP contribution in [0.1, 0.15) is 16.8 Å². The van der Waals surface area contributed by atoms with Gasteiger partial charge in [0.05, 0.1) is 0 Å². The number of nitrogens with zero attached hydrogens (tertiary/aromatic N) is 1. The van der Waals surface area contributed by atoms with Crippen LogP contribution in [0.25, 0.3) is 0 Å². The summed E-state index contributed by atoms with van der Waals surface area (Å²) in [6.45, 7) is 5.96. The summed E-state index contributed by atoms with van der Waals surface area (Å²) >= 11 is 5.81. The lowest BCUT2D eigenvalue weighted by Gasteiger charge is -2.01. The van der Waals surface area contributed by atoms with Crippen LogP contribution in [0.2, 0.25) is 5.15 Å². The van der Waals surface area contributed by atoms with Gasteiger partial charge in [-0.2, -0.15) is 0 Å². The van der Waals surface area contributed by atoms with Crippen molar-refractivity contribution >= 4 is 11.6 Å². The van der Waals surface area contributed by atoms with E-state index in [4.69, 9.17) is 11.6 Å². The molecule has 0 bridgehead atoms. The van der Waals surface area contributed by atoms with Crippen molar-refractivity contribution in [2.24, 2.45) is 0 Å². The van der Waals surface area contributed by atoms with Crippen molar-refractivity contribution < 1.29 is 0 Å². The summed E-state index contributed by atoms with van der Waals surface area (Å²) in [5.74, 6) is 0. The van der Waals surface area contributed by atoms with Crippen molar-refractivity contribution in [1.82, 2.24) is 4.98 Å². The Hall–Kier alpha value is -0.560. The minimum absolute atomic E-state index is 0.623. The summed E-state index contributed by atoms with van der Waals surface area (Å²) < 4.78 is 0. The van der Waals surface area contributed by atoms with Gasteiger partial charge in [-0.25, -0.2) is 4.98 Å². The standard InChI is InChI=1S/C8H10ClN/c1-5-4-6(2)10-8(9)7(5)3/h4H,1-3H3. The van der Waals surface area contributed by atoms with Gasteiger partial charge in [0.1, 0.15) is 5.15 Å². The molecule has 2 heteroatoms. The third-order valence-corrected chi connectivity index (χ3v) is 1.97. The van der Waals surface area contributed by atoms with Crippen LogP contribution in [0, 0.1) is 20.8 Å². The molecule has 0 aliphatic heterocycles. The van der Waals surface area contributed by atoms with E-state index < -0.39 is 0 Å². The first-order valence-corrected chi connectivity index (χ1v) is 3.59. The summed E-state index contributed by atoms with van der Waals surface area (Å²) in [7, 11) is 0. The molecule has 1 aromatic heterocycles. The van der Waals surface area contributed by atoms with E-state index in [1.165, 1.54) is 5.56 Å². The molecule has 0 saturated heterocycles. The van der Waals surface area contributed by atoms with Gasteiger partial charge in [-0.1, -0.05) is 11.6 Å². The van der Waals surface area contributed by atoms with Crippen LogP contribution in [-0.2, 0) is 0 Å². The minimum Gasteiger partial charge on any atom is -0.241 e. The lowest BCUT2D eigenvalue weighted by molar-refractivity contribution is 1.14. The van der Waals surface area contributed by atoms with Crippen molar-refractivity contribution in [3.8, 4) is 0 Å². The molecule has 0 aromatic carbocycles. The van der Waals surface area contributed by atoms with Gasteiger partial charge in [-0.05, 0) is 38.0 Å². The summed E-state index contributed by atoms with van der Waals surface area (Å²) in [6.07, 6.45) is 0. The van der Waals surface area contributed by atoms with Crippen molar-refractivity contribution in [1.29, 1.82) is 0 Å². The van der Waals surface area contributed by atoms with E-state index in [1.54, 1.807) is 0 Å². The van der Waals surface area contributed by atoms with Crippen LogP contribution in [0.4, 0.5) is 0 Å². The predicted molar refractivity (Wildman–Crippen MR) is 43.5 cm³/mol. The first-order chi connectivity index (χ1) is 4.61. The van der Waals surface area contributed by atoms with Gasteiger partial charge in [0.2, 0.25) is 0 Å². The summed E-state index contributed by atoms with van der Waals surface area (Å²) in [6, 6.07) is 2.03. The highest BCUT2D eigenvalue weighted by atomic mass is 35.5. The molecule has 0 saturated carbocycles. The fraction of sp³-hybridized carbons (Fsp3) is 0.375. The average Bonchev–Trinajstić information content (AvgIpc) is 1.82. The number of aryl methyl sites for hydroxylation is 2. The predicted octanol–water partition coefficient (Wildman–Crippen LogP) is 2.66. The number of aromatic nitrogens is 1. The van der Waals surface area contributed by atoms with E-state index >= 15 is 0 Å². The Morgan fingerprint density at radius 1 is 1.30 bits per heavy atom. The van der Waals surface area contributed by atoms with E-state index in [0.717, 1.165) is 11.3 Å². The molecule has 0 atom stereocenters. The largest absolute Gasteiger partial charge is 0.241 e. The molecule has 1 aromatic rings. The van der Waals surface area contributed by atoms with Crippen LogP contribution in [0.3, 0.4) is 0 Å². The maximum absolute atomic E-state index is 5.81. The quantitative estimate of drug-likeness (QED) is 0.525. The monoisotopic (exact) mass is 155 g/mol. The van der Waals surface area contributed by atoms with Crippen molar-refractivity contribution in [3.05, 3.63) is 28.0 Å². The fourth-order valence-electron chi connectivity index (χ4n) is 0.855. The van der Waals surface area contributed by atoms with Gasteiger partial charge in [-0.15, -0.1) is 0 Å². The Bertz CT molecular complexity index is 232. The molecular formula is C8H10ClN. The van der Waals surface area contributed by atoms with E-state index in [9.17, 15) is 0 Å². The third-order valence-electron chi connectivity index (χ3n) is 1.60. The Balaban J connectivity index is 3.31. The summed E-state index contributed by atoms with van der Waals surface area (Å²) in [4.78, 5) is 4.10. The second-order valence-electron chi connectivity index (χ2n) is 2.50. The van der Waals surface area contributed by atoms with Gasteiger partial charge in [0, 0.05) is 5.69 Å². The number of pyridine rings is 1. The Kier molecular flexibility index (Phi) is 1.95. The van der Waals surface area contributed by atoms with Gasteiger partial charge in [0.25, 0.3) is 0 Å². The topological polar surface area (TPSA) is 12.9 Å². The smallest absolute Gasteiger partial charge is 0.132 e. The van der Waals surface area contributed by atoms with Crippen LogP contribution in [-0.4, -0.2) is 4.98 Å². The molecule has 0 fully saturated rings. The molecule has 10 heavy (non-hydrogen) atoms. The zero-order chi connectivity index (χ0) is 7.72. The van der Waals surface area contributed by atoms with Crippen molar-refractivity contribution in [2.45, 2.75) is 20.8 Å². The molecule has 0 radical (unpaired) electrons. The van der Waals surface area contributed by atoms with E-state index in [0.29, 0.717) is 5.15 Å². The van der Waals surface area contributed by atoms with Crippen LogP contribution >= 0.6 is 11.6 Å². The van der Waals surface area contributed by atoms with Crippen LogP contribution < -0.4 is 0 Å². The number of halogens is 1. The maximum Gasteiger partial charge on any atom is 0.132 e. The van der Waals surface area contributed by atoms with Crippen LogP contribution in [0.5, 0.6) is 0 Å². The van der Waals surface area contributed by atoms with E-state index in [2.05, 4.69) is 4.98 Å². The van der Waals surface area contributed by atoms with Crippen LogP contribution in [0.15, 0.2) is 6.07 Å². The molecule has 0 spiro atoms. The first-order valence-electron chi connectivity index (χ1n) is 3.21. The lowest BCUT2D eigenvalue weighted by Crippen LogP contribution is -1.88. The third kappa shape index (κ3) is 1.29. The highest BCUT2D eigenvalue weighted by Gasteiger charge is 1.99. The Morgan fingerprint density at radius 2 is 1.90 bits per heavy atom. The second kappa shape index (κ2) is 2.59. The fourth-order valence-corrected chi connectivity index (χ4v) is 1.14. The van der Waals surface area contributed by atoms with Gasteiger partial charge < -0.3 is 0 Å². The maximum atomic E-state index is 5.81. The summed E-state index contributed by atoms with van der Waals surface area (Å²) in [5.41, 5.74) is 3.26. The molecule has 0 N–H and O–H groups in total. The van der Waals surface area contributed by atoms with Gasteiger partial charge >= 0.3 is 0 Å². The SMILES string of the molecule is Cc1cc(C)c(C)c(Cl)n1.